The fraction of sp³-hybridized carbons (Fsp3) is 0.400. The van der Waals surface area contributed by atoms with Gasteiger partial charge in [0, 0.05) is 23.4 Å². The first-order valence-corrected chi connectivity index (χ1v) is 8.05. The quantitative estimate of drug-likeness (QED) is 0.334. The Kier molecular flexibility index (Phi) is 6.09. The lowest BCUT2D eigenvalue weighted by atomic mass is 9.92. The van der Waals surface area contributed by atoms with E-state index in [1.54, 1.807) is 0 Å². The van der Waals surface area contributed by atoms with Crippen LogP contribution in [0.1, 0.15) is 25.7 Å². The molecule has 0 spiro atoms. The Morgan fingerprint density at radius 2 is 2.14 bits per heavy atom. The number of carbonyl (C=O) groups is 1. The van der Waals surface area contributed by atoms with Crippen molar-refractivity contribution in [3.05, 3.63) is 41.7 Å². The van der Waals surface area contributed by atoms with Gasteiger partial charge in [-0.3, -0.25) is 13.3 Å². The van der Waals surface area contributed by atoms with Gasteiger partial charge in [0.05, 0.1) is 12.6 Å². The molecule has 7 heteroatoms. The molecule has 120 valence electrons. The molecule has 1 aliphatic rings. The monoisotopic (exact) mass is 326 g/mol. The summed E-state index contributed by atoms with van der Waals surface area (Å²) in [4.78, 5) is 10.2. The van der Waals surface area contributed by atoms with Crippen LogP contribution in [0.5, 0.6) is 0 Å². The zero-order valence-corrected chi connectivity index (χ0v) is 12.8. The molecule has 5 nitrogen and oxygen atoms in total. The van der Waals surface area contributed by atoms with E-state index in [0.717, 1.165) is 18.4 Å². The van der Waals surface area contributed by atoms with Crippen molar-refractivity contribution in [3.8, 4) is 0 Å². The minimum atomic E-state index is -2.48. The Labute approximate surface area is 131 Å². The van der Waals surface area contributed by atoms with Crippen molar-refractivity contribution in [3.63, 3.8) is 0 Å². The third-order valence-electron chi connectivity index (χ3n) is 3.62. The fourth-order valence-electron chi connectivity index (χ4n) is 2.64. The first-order chi connectivity index (χ1) is 10.6. The smallest absolute Gasteiger partial charge is 0.293 e. The highest BCUT2D eigenvalue weighted by atomic mass is 32.2. The second kappa shape index (κ2) is 8.05. The van der Waals surface area contributed by atoms with E-state index in [9.17, 15) is 17.9 Å². The predicted octanol–water partition coefficient (Wildman–Crippen LogP) is 2.47. The lowest BCUT2D eigenvalue weighted by molar-refractivity contribution is -0.128. The summed E-state index contributed by atoms with van der Waals surface area (Å²) in [5.41, 5.74) is 1.34. The number of halogens is 1. The summed E-state index contributed by atoms with van der Waals surface area (Å²) >= 11 is -2.48. The topological polar surface area (TPSA) is 69.7 Å². The van der Waals surface area contributed by atoms with Gasteiger partial charge < -0.3 is 9.29 Å². The lowest BCUT2D eigenvalue weighted by Crippen LogP contribution is -2.39. The highest BCUT2D eigenvalue weighted by Crippen LogP contribution is 2.30. The van der Waals surface area contributed by atoms with Gasteiger partial charge in [0.25, 0.3) is 6.47 Å². The molecule has 0 N–H and O–H groups in total. The molecule has 2 atom stereocenters. The number of carbonyl (C=O) groups excluding carboxylic acids is 1. The van der Waals surface area contributed by atoms with E-state index in [4.69, 9.17) is 4.74 Å². The molecule has 0 radical (unpaired) electrons. The third-order valence-corrected chi connectivity index (χ3v) is 4.40. The molecule has 2 rings (SSSR count). The average molecular weight is 326 g/mol. The Balaban J connectivity index is 2.23. The first kappa shape index (κ1) is 16.6. The van der Waals surface area contributed by atoms with Crippen molar-refractivity contribution < 1.29 is 22.7 Å². The summed E-state index contributed by atoms with van der Waals surface area (Å²) in [5, 5.41) is 0. The maximum Gasteiger partial charge on any atom is 0.293 e. The van der Waals surface area contributed by atoms with Crippen molar-refractivity contribution in [2.45, 2.75) is 31.7 Å². The molecule has 2 unspecified atom stereocenters. The Hall–Kier alpha value is -1.73. The molecule has 0 heterocycles. The number of hydrogen-bond donors (Lipinski definition) is 0. The van der Waals surface area contributed by atoms with E-state index >= 15 is 0 Å². The summed E-state index contributed by atoms with van der Waals surface area (Å²) in [6.45, 7) is 0.594. The van der Waals surface area contributed by atoms with Gasteiger partial charge in [-0.25, -0.2) is 4.39 Å². The molecule has 0 amide bonds. The Morgan fingerprint density at radius 1 is 1.41 bits per heavy atom. The molecule has 1 aromatic carbocycles. The molecule has 0 aliphatic heterocycles. The highest BCUT2D eigenvalue weighted by molar-refractivity contribution is 7.80. The average Bonchev–Trinajstić information content (AvgIpc) is 2.51. The van der Waals surface area contributed by atoms with E-state index in [1.165, 1.54) is 28.6 Å². The normalized spacial score (nSPS) is 19.2. The van der Waals surface area contributed by atoms with Crippen LogP contribution in [0.3, 0.4) is 0 Å². The van der Waals surface area contributed by atoms with Gasteiger partial charge in [0.15, 0.2) is 0 Å². The van der Waals surface area contributed by atoms with E-state index in [2.05, 4.69) is 0 Å². The Morgan fingerprint density at radius 3 is 2.77 bits per heavy atom. The Bertz CT molecular complexity index is 561. The largest absolute Gasteiger partial charge is 0.755 e. The van der Waals surface area contributed by atoms with E-state index in [-0.39, 0.29) is 12.6 Å². The number of allylic oxidation sites excluding steroid dienone is 1. The second-order valence-electron chi connectivity index (χ2n) is 4.96. The molecular weight excluding hydrogens is 309 g/mol. The highest BCUT2D eigenvalue weighted by Gasteiger charge is 2.25. The fourth-order valence-corrected chi connectivity index (χ4v) is 3.38. The summed E-state index contributed by atoms with van der Waals surface area (Å²) in [6.07, 6.45) is 4.90. The third kappa shape index (κ3) is 4.14. The van der Waals surface area contributed by atoms with Crippen LogP contribution < -0.4 is 4.31 Å². The summed E-state index contributed by atoms with van der Waals surface area (Å²) in [7, 11) is 0. The van der Waals surface area contributed by atoms with Crippen LogP contribution in [0.4, 0.5) is 10.1 Å². The van der Waals surface area contributed by atoms with Gasteiger partial charge in [0.2, 0.25) is 0 Å². The summed E-state index contributed by atoms with van der Waals surface area (Å²) < 4.78 is 42.4. The van der Waals surface area contributed by atoms with Crippen LogP contribution in [-0.2, 0) is 20.8 Å². The molecule has 1 aromatic rings. The van der Waals surface area contributed by atoms with Gasteiger partial charge in [-0.1, -0.05) is 6.08 Å². The van der Waals surface area contributed by atoms with Crippen LogP contribution >= 0.6 is 0 Å². The van der Waals surface area contributed by atoms with Crippen LogP contribution in [-0.4, -0.2) is 27.9 Å². The lowest BCUT2D eigenvalue weighted by Gasteiger charge is -2.38. The molecule has 0 aromatic heterocycles. The molecule has 1 aliphatic carbocycles. The van der Waals surface area contributed by atoms with Gasteiger partial charge in [0.1, 0.15) is 5.82 Å². The zero-order chi connectivity index (χ0) is 15.9. The van der Waals surface area contributed by atoms with Crippen molar-refractivity contribution in [1.29, 1.82) is 0 Å². The predicted molar refractivity (Wildman–Crippen MR) is 80.2 cm³/mol. The molecule has 0 bridgehead atoms. The van der Waals surface area contributed by atoms with Gasteiger partial charge >= 0.3 is 0 Å². The number of anilines is 1. The second-order valence-corrected chi connectivity index (χ2v) is 5.79. The molecule has 0 saturated carbocycles. The minimum absolute atomic E-state index is 0.217. The molecule has 22 heavy (non-hydrogen) atoms. The SMILES string of the molecule is O=COCCC1=CCCCC1N(c1ccc(F)cc1)S(=O)[O-]. The van der Waals surface area contributed by atoms with E-state index in [0.29, 0.717) is 25.0 Å². The van der Waals surface area contributed by atoms with Crippen molar-refractivity contribution in [2.75, 3.05) is 10.9 Å². The number of hydrogen-bond acceptors (Lipinski definition) is 4. The maximum atomic E-state index is 13.0. The van der Waals surface area contributed by atoms with Gasteiger partial charge in [-0.05, 0) is 49.1 Å². The number of benzene rings is 1. The van der Waals surface area contributed by atoms with Crippen LogP contribution in [0, 0.1) is 5.82 Å². The number of nitrogens with zero attached hydrogens (tertiary/aromatic N) is 1. The van der Waals surface area contributed by atoms with Gasteiger partial charge in [-0.15, -0.1) is 0 Å². The van der Waals surface area contributed by atoms with Crippen molar-refractivity contribution in [1.82, 2.24) is 0 Å². The van der Waals surface area contributed by atoms with Crippen LogP contribution in [0.2, 0.25) is 0 Å². The molecular formula is C15H17FNO4S-. The zero-order valence-electron chi connectivity index (χ0n) is 11.9. The van der Waals surface area contributed by atoms with Crippen molar-refractivity contribution in [2.24, 2.45) is 0 Å². The first-order valence-electron chi connectivity index (χ1n) is 7.02. The molecule has 0 saturated heterocycles. The maximum absolute atomic E-state index is 13.0. The number of ether oxygens (including phenoxy) is 1. The van der Waals surface area contributed by atoms with E-state index < -0.39 is 17.1 Å². The van der Waals surface area contributed by atoms with E-state index in [1.807, 2.05) is 6.08 Å². The van der Waals surface area contributed by atoms with Gasteiger partial charge in [-0.2, -0.15) is 0 Å². The summed E-state index contributed by atoms with van der Waals surface area (Å²) in [5.74, 6) is -0.417. The van der Waals surface area contributed by atoms with Crippen molar-refractivity contribution >= 4 is 23.4 Å². The number of rotatable bonds is 7. The van der Waals surface area contributed by atoms with Crippen LogP contribution in [0.25, 0.3) is 0 Å². The standard InChI is InChI=1S/C15H18FNO4S/c16-13-5-7-14(8-6-13)17(22(19)20)15-4-2-1-3-12(15)9-10-21-11-18/h3,5-8,11,15H,1-2,4,9-10H2,(H,19,20)/p-1. The molecule has 0 fully saturated rings. The summed E-state index contributed by atoms with van der Waals surface area (Å²) in [6, 6.07) is 5.03. The van der Waals surface area contributed by atoms with Crippen LogP contribution in [0.15, 0.2) is 35.9 Å². The minimum Gasteiger partial charge on any atom is -0.755 e.